The monoisotopic (exact) mass is 354 g/mol. The Balaban J connectivity index is 1.83. The molecule has 0 spiro atoms. The van der Waals surface area contributed by atoms with Gasteiger partial charge in [-0.1, -0.05) is 12.1 Å². The Hall–Kier alpha value is -3.42. The van der Waals surface area contributed by atoms with Crippen LogP contribution in [0.2, 0.25) is 0 Å². The molecule has 3 aromatic rings. The number of nitrogens with zero attached hydrogens (tertiary/aromatic N) is 3. The van der Waals surface area contributed by atoms with E-state index in [0.29, 0.717) is 28.4 Å². The third-order valence-corrected chi connectivity index (χ3v) is 3.72. The van der Waals surface area contributed by atoms with Gasteiger partial charge in [0.05, 0.1) is 19.3 Å². The minimum Gasteiger partial charge on any atom is -0.493 e. The van der Waals surface area contributed by atoms with E-state index in [2.05, 4.69) is 15.3 Å². The van der Waals surface area contributed by atoms with E-state index in [-0.39, 0.29) is 12.1 Å². The summed E-state index contributed by atoms with van der Waals surface area (Å²) in [6.07, 6.45) is 1.61. The fraction of sp³-hybridized carbons (Fsp3) is 0.222. The number of carbonyl (C=O) groups excluding carboxylic acids is 1. The molecule has 8 heteroatoms. The van der Waals surface area contributed by atoms with Crippen molar-refractivity contribution in [2.24, 2.45) is 0 Å². The van der Waals surface area contributed by atoms with Gasteiger partial charge in [0.2, 0.25) is 5.95 Å². The van der Waals surface area contributed by atoms with Crippen molar-refractivity contribution in [3.8, 4) is 5.75 Å². The maximum Gasteiger partial charge on any atom is 0.349 e. The Morgan fingerprint density at radius 2 is 2.12 bits per heavy atom. The molecule has 0 fully saturated rings. The number of nitrogens with one attached hydrogen (secondary N) is 1. The van der Waals surface area contributed by atoms with E-state index in [9.17, 15) is 9.59 Å². The number of para-hydroxylation sites is 1. The number of hydrogen-bond acceptors (Lipinski definition) is 7. The van der Waals surface area contributed by atoms with E-state index in [1.165, 1.54) is 13.2 Å². The Morgan fingerprint density at radius 1 is 1.31 bits per heavy atom. The summed E-state index contributed by atoms with van der Waals surface area (Å²) in [5, 5.41) is 3.28. The normalized spacial score (nSPS) is 10.6. The number of carbonyl (C=O) groups is 1. The Bertz CT molecular complexity index is 1010. The average molecular weight is 354 g/mol. The molecule has 0 aliphatic heterocycles. The lowest BCUT2D eigenvalue weighted by Crippen LogP contribution is -2.28. The van der Waals surface area contributed by atoms with Gasteiger partial charge in [-0.3, -0.25) is 4.79 Å². The van der Waals surface area contributed by atoms with Gasteiger partial charge >= 0.3 is 5.63 Å². The predicted molar refractivity (Wildman–Crippen MR) is 96.6 cm³/mol. The molecule has 0 saturated carbocycles. The summed E-state index contributed by atoms with van der Waals surface area (Å²) in [5.74, 6) is 0.436. The summed E-state index contributed by atoms with van der Waals surface area (Å²) in [7, 11) is 5.14. The number of hydrogen-bond donors (Lipinski definition) is 1. The van der Waals surface area contributed by atoms with Crippen LogP contribution in [0.4, 0.5) is 5.95 Å². The first-order valence-corrected chi connectivity index (χ1v) is 7.88. The number of anilines is 1. The van der Waals surface area contributed by atoms with E-state index >= 15 is 0 Å². The number of rotatable bonds is 5. The summed E-state index contributed by atoms with van der Waals surface area (Å²) < 4.78 is 10.4. The Morgan fingerprint density at radius 3 is 2.85 bits per heavy atom. The molecule has 8 nitrogen and oxygen atoms in total. The molecule has 0 bridgehead atoms. The van der Waals surface area contributed by atoms with E-state index in [4.69, 9.17) is 9.15 Å². The standard InChI is InChI=1S/C18H18N4O4/c1-22(2)18-19-8-7-12(21-18)10-20-16(23)13-9-11-5-4-6-14(25-3)15(11)26-17(13)24/h4-9H,10H2,1-3H3,(H,20,23). The van der Waals surface area contributed by atoms with Gasteiger partial charge in [-0.2, -0.15) is 0 Å². The molecular formula is C18H18N4O4. The molecule has 1 aromatic carbocycles. The van der Waals surface area contributed by atoms with Gasteiger partial charge in [0.1, 0.15) is 5.56 Å². The van der Waals surface area contributed by atoms with Crippen LogP contribution in [0.1, 0.15) is 16.1 Å². The van der Waals surface area contributed by atoms with Crippen LogP contribution in [0.15, 0.2) is 45.7 Å². The summed E-state index contributed by atoms with van der Waals surface area (Å²) >= 11 is 0. The van der Waals surface area contributed by atoms with Crippen molar-refractivity contribution in [3.05, 3.63) is 58.2 Å². The maximum absolute atomic E-state index is 12.4. The van der Waals surface area contributed by atoms with Gasteiger partial charge in [-0.15, -0.1) is 0 Å². The molecule has 0 unspecified atom stereocenters. The first-order valence-electron chi connectivity index (χ1n) is 7.88. The van der Waals surface area contributed by atoms with Gasteiger partial charge in [0.25, 0.3) is 5.91 Å². The number of methoxy groups -OCH3 is 1. The van der Waals surface area contributed by atoms with Gasteiger partial charge in [-0.25, -0.2) is 14.8 Å². The van der Waals surface area contributed by atoms with Crippen molar-refractivity contribution in [2.75, 3.05) is 26.1 Å². The van der Waals surface area contributed by atoms with Crippen molar-refractivity contribution in [1.29, 1.82) is 0 Å². The van der Waals surface area contributed by atoms with Crippen LogP contribution >= 0.6 is 0 Å². The van der Waals surface area contributed by atoms with E-state index in [0.717, 1.165) is 0 Å². The van der Waals surface area contributed by atoms with Gasteiger partial charge in [0.15, 0.2) is 11.3 Å². The van der Waals surface area contributed by atoms with Crippen molar-refractivity contribution in [3.63, 3.8) is 0 Å². The zero-order chi connectivity index (χ0) is 18.7. The summed E-state index contributed by atoms with van der Waals surface area (Å²) in [6.45, 7) is 0.164. The van der Waals surface area contributed by atoms with Gasteiger partial charge < -0.3 is 19.4 Å². The van der Waals surface area contributed by atoms with Crippen molar-refractivity contribution in [1.82, 2.24) is 15.3 Å². The zero-order valence-electron chi connectivity index (χ0n) is 14.6. The minimum atomic E-state index is -0.726. The minimum absolute atomic E-state index is 0.0763. The topological polar surface area (TPSA) is 97.6 Å². The van der Waals surface area contributed by atoms with Crippen LogP contribution in [0.3, 0.4) is 0 Å². The molecule has 134 valence electrons. The smallest absolute Gasteiger partial charge is 0.349 e. The van der Waals surface area contributed by atoms with E-state index in [1.807, 2.05) is 14.1 Å². The van der Waals surface area contributed by atoms with Crippen LogP contribution < -0.4 is 20.6 Å². The van der Waals surface area contributed by atoms with Crippen molar-refractivity contribution in [2.45, 2.75) is 6.54 Å². The number of aromatic nitrogens is 2. The molecular weight excluding hydrogens is 336 g/mol. The fourth-order valence-electron chi connectivity index (χ4n) is 2.40. The van der Waals surface area contributed by atoms with Crippen LogP contribution in [-0.4, -0.2) is 37.1 Å². The number of amides is 1. The molecule has 2 aromatic heterocycles. The van der Waals surface area contributed by atoms with Gasteiger partial charge in [0, 0.05) is 25.7 Å². The highest BCUT2D eigenvalue weighted by Crippen LogP contribution is 2.24. The quantitative estimate of drug-likeness (QED) is 0.695. The summed E-state index contributed by atoms with van der Waals surface area (Å²) in [4.78, 5) is 34.8. The first-order chi connectivity index (χ1) is 12.5. The summed E-state index contributed by atoms with van der Waals surface area (Å²) in [5.41, 5.74) is 0.135. The van der Waals surface area contributed by atoms with Crippen molar-refractivity contribution >= 4 is 22.8 Å². The lowest BCUT2D eigenvalue weighted by molar-refractivity contribution is 0.0947. The molecule has 2 heterocycles. The van der Waals surface area contributed by atoms with Crippen LogP contribution in [-0.2, 0) is 6.54 Å². The first kappa shape index (κ1) is 17.4. The molecule has 0 radical (unpaired) electrons. The van der Waals surface area contributed by atoms with Crippen molar-refractivity contribution < 1.29 is 13.9 Å². The average Bonchev–Trinajstić information content (AvgIpc) is 2.65. The molecule has 3 rings (SSSR count). The highest BCUT2D eigenvalue weighted by molar-refractivity contribution is 5.97. The molecule has 0 atom stereocenters. The molecule has 0 saturated heterocycles. The highest BCUT2D eigenvalue weighted by atomic mass is 16.5. The van der Waals surface area contributed by atoms with Crippen LogP contribution in [0, 0.1) is 0 Å². The third kappa shape index (κ3) is 3.49. The third-order valence-electron chi connectivity index (χ3n) is 3.72. The lowest BCUT2D eigenvalue weighted by Gasteiger charge is -2.11. The van der Waals surface area contributed by atoms with Crippen LogP contribution in [0.5, 0.6) is 5.75 Å². The second kappa shape index (κ2) is 7.22. The largest absolute Gasteiger partial charge is 0.493 e. The fourth-order valence-corrected chi connectivity index (χ4v) is 2.40. The second-order valence-corrected chi connectivity index (χ2v) is 5.75. The highest BCUT2D eigenvalue weighted by Gasteiger charge is 2.15. The number of benzene rings is 1. The SMILES string of the molecule is COc1cccc2cc(C(=O)NCc3ccnc(N(C)C)n3)c(=O)oc12. The molecule has 26 heavy (non-hydrogen) atoms. The summed E-state index contributed by atoms with van der Waals surface area (Å²) in [6, 6.07) is 8.37. The van der Waals surface area contributed by atoms with E-state index in [1.54, 1.807) is 35.4 Å². The second-order valence-electron chi connectivity index (χ2n) is 5.75. The molecule has 1 amide bonds. The Labute approximate surface area is 149 Å². The van der Waals surface area contributed by atoms with Gasteiger partial charge in [-0.05, 0) is 18.2 Å². The predicted octanol–water partition coefficient (Wildman–Crippen LogP) is 1.59. The zero-order valence-corrected chi connectivity index (χ0v) is 14.6. The maximum atomic E-state index is 12.4. The number of fused-ring (bicyclic) bond motifs is 1. The number of ether oxygens (including phenoxy) is 1. The molecule has 0 aliphatic carbocycles. The van der Waals surface area contributed by atoms with Crippen LogP contribution in [0.25, 0.3) is 11.0 Å². The van der Waals surface area contributed by atoms with E-state index < -0.39 is 11.5 Å². The Kier molecular flexibility index (Phi) is 4.83. The molecule has 0 aliphatic rings. The lowest BCUT2D eigenvalue weighted by atomic mass is 10.1. The molecule has 1 N–H and O–H groups in total.